The summed E-state index contributed by atoms with van der Waals surface area (Å²) in [5.74, 6) is -2.84. The molecule has 0 radical (unpaired) electrons. The standard InChI is InChI=1S/C11H9BrF2N4O3S/c12-10-7(13)1-2-8(11(10)14)22(20,21)17-6-3-16-18(4-6)5-9(15)19/h1-4,17H,5H2,(H2,15,19). The number of halogens is 3. The van der Waals surface area contributed by atoms with E-state index in [0.717, 1.165) is 23.0 Å². The van der Waals surface area contributed by atoms with Gasteiger partial charge in [-0.25, -0.2) is 17.2 Å². The predicted octanol–water partition coefficient (Wildman–Crippen LogP) is 1.21. The minimum Gasteiger partial charge on any atom is -0.368 e. The summed E-state index contributed by atoms with van der Waals surface area (Å²) in [6.07, 6.45) is 2.33. The number of primary amides is 1. The molecule has 7 nitrogen and oxygen atoms in total. The molecule has 118 valence electrons. The zero-order chi connectivity index (χ0) is 16.5. The fraction of sp³-hybridized carbons (Fsp3) is 0.0909. The van der Waals surface area contributed by atoms with Crippen molar-refractivity contribution in [1.82, 2.24) is 9.78 Å². The Hall–Kier alpha value is -2.01. The molecule has 0 aliphatic rings. The third-order valence-corrected chi connectivity index (χ3v) is 4.62. The predicted molar refractivity (Wildman–Crippen MR) is 76.3 cm³/mol. The molecule has 2 aromatic rings. The van der Waals surface area contributed by atoms with Crippen LogP contribution in [0.4, 0.5) is 14.5 Å². The minimum atomic E-state index is -4.29. The van der Waals surface area contributed by atoms with Gasteiger partial charge in [0.15, 0.2) is 5.82 Å². The highest BCUT2D eigenvalue weighted by atomic mass is 79.9. The van der Waals surface area contributed by atoms with Gasteiger partial charge in [0.2, 0.25) is 5.91 Å². The third-order valence-electron chi connectivity index (χ3n) is 2.49. The Balaban J connectivity index is 2.30. The minimum absolute atomic E-state index is 0.00102. The number of nitrogens with one attached hydrogen (secondary N) is 1. The largest absolute Gasteiger partial charge is 0.368 e. The first-order valence-electron chi connectivity index (χ1n) is 5.68. The molecule has 1 aromatic carbocycles. The number of nitrogens with two attached hydrogens (primary N) is 1. The molecular weight excluding hydrogens is 386 g/mol. The maximum absolute atomic E-state index is 13.9. The second-order valence-electron chi connectivity index (χ2n) is 4.17. The van der Waals surface area contributed by atoms with E-state index < -0.39 is 36.9 Å². The van der Waals surface area contributed by atoms with Crippen molar-refractivity contribution in [2.24, 2.45) is 5.73 Å². The lowest BCUT2D eigenvalue weighted by Gasteiger charge is -2.08. The molecule has 0 fully saturated rings. The second-order valence-corrected chi connectivity index (χ2v) is 6.62. The van der Waals surface area contributed by atoms with E-state index in [1.807, 2.05) is 0 Å². The molecule has 0 atom stereocenters. The Morgan fingerprint density at radius 3 is 2.73 bits per heavy atom. The molecule has 2 rings (SSSR count). The van der Waals surface area contributed by atoms with Crippen molar-refractivity contribution in [2.75, 3.05) is 4.72 Å². The smallest absolute Gasteiger partial charge is 0.264 e. The highest BCUT2D eigenvalue weighted by molar-refractivity contribution is 9.10. The monoisotopic (exact) mass is 394 g/mol. The molecular formula is C11H9BrF2N4O3S. The van der Waals surface area contributed by atoms with Crippen LogP contribution in [0.25, 0.3) is 0 Å². The van der Waals surface area contributed by atoms with Crippen LogP contribution in [0.5, 0.6) is 0 Å². The number of hydrogen-bond acceptors (Lipinski definition) is 4. The molecule has 0 aliphatic heterocycles. The fourth-order valence-electron chi connectivity index (χ4n) is 1.59. The first kappa shape index (κ1) is 16.4. The third kappa shape index (κ3) is 3.42. The van der Waals surface area contributed by atoms with E-state index in [9.17, 15) is 22.0 Å². The van der Waals surface area contributed by atoms with Crippen LogP contribution in [0.1, 0.15) is 0 Å². The van der Waals surface area contributed by atoms with Gasteiger partial charge >= 0.3 is 0 Å². The Kier molecular flexibility index (Phi) is 4.47. The van der Waals surface area contributed by atoms with Crippen molar-refractivity contribution in [3.05, 3.63) is 40.6 Å². The number of benzene rings is 1. The maximum atomic E-state index is 13.9. The normalized spacial score (nSPS) is 11.4. The summed E-state index contributed by atoms with van der Waals surface area (Å²) in [7, 11) is -4.29. The maximum Gasteiger partial charge on any atom is 0.264 e. The summed E-state index contributed by atoms with van der Waals surface area (Å²) in [6, 6.07) is 1.61. The van der Waals surface area contributed by atoms with Crippen LogP contribution >= 0.6 is 15.9 Å². The van der Waals surface area contributed by atoms with Gasteiger partial charge < -0.3 is 5.73 Å². The molecule has 1 aromatic heterocycles. The molecule has 3 N–H and O–H groups in total. The number of anilines is 1. The van der Waals surface area contributed by atoms with E-state index in [-0.39, 0.29) is 12.2 Å². The van der Waals surface area contributed by atoms with Gasteiger partial charge in [0, 0.05) is 6.20 Å². The quantitative estimate of drug-likeness (QED) is 0.743. The van der Waals surface area contributed by atoms with E-state index >= 15 is 0 Å². The number of carbonyl (C=O) groups is 1. The zero-order valence-electron chi connectivity index (χ0n) is 10.8. The molecule has 0 saturated heterocycles. The topological polar surface area (TPSA) is 107 Å². The fourth-order valence-corrected chi connectivity index (χ4v) is 3.18. The van der Waals surface area contributed by atoms with Crippen molar-refractivity contribution in [1.29, 1.82) is 0 Å². The average molecular weight is 395 g/mol. The van der Waals surface area contributed by atoms with Crippen molar-refractivity contribution in [2.45, 2.75) is 11.4 Å². The van der Waals surface area contributed by atoms with Crippen molar-refractivity contribution in [3.63, 3.8) is 0 Å². The molecule has 11 heteroatoms. The van der Waals surface area contributed by atoms with Crippen LogP contribution in [0.3, 0.4) is 0 Å². The van der Waals surface area contributed by atoms with Crippen molar-refractivity contribution >= 4 is 37.5 Å². The molecule has 22 heavy (non-hydrogen) atoms. The zero-order valence-corrected chi connectivity index (χ0v) is 13.2. The molecule has 0 aliphatic carbocycles. The molecule has 0 spiro atoms. The summed E-state index contributed by atoms with van der Waals surface area (Å²) in [6.45, 7) is -0.238. The van der Waals surface area contributed by atoms with Gasteiger partial charge in [-0.2, -0.15) is 5.10 Å². The van der Waals surface area contributed by atoms with E-state index in [4.69, 9.17) is 5.73 Å². The molecule has 0 unspecified atom stereocenters. The van der Waals surface area contributed by atoms with Gasteiger partial charge in [0.25, 0.3) is 10.0 Å². The molecule has 0 saturated carbocycles. The number of rotatable bonds is 5. The lowest BCUT2D eigenvalue weighted by Crippen LogP contribution is -2.19. The number of carbonyl (C=O) groups excluding carboxylic acids is 1. The van der Waals surface area contributed by atoms with Crippen LogP contribution in [-0.4, -0.2) is 24.1 Å². The number of amides is 1. The van der Waals surface area contributed by atoms with E-state index in [1.165, 1.54) is 6.20 Å². The number of hydrogen-bond donors (Lipinski definition) is 2. The summed E-state index contributed by atoms with van der Waals surface area (Å²) < 4.78 is 53.8. The summed E-state index contributed by atoms with van der Waals surface area (Å²) >= 11 is 2.63. The SMILES string of the molecule is NC(=O)Cn1cc(NS(=O)(=O)c2ccc(F)c(Br)c2F)cn1. The van der Waals surface area contributed by atoms with Crippen LogP contribution in [-0.2, 0) is 21.4 Å². The highest BCUT2D eigenvalue weighted by Gasteiger charge is 2.23. The van der Waals surface area contributed by atoms with Gasteiger partial charge in [0.1, 0.15) is 17.3 Å². The number of sulfonamides is 1. The Labute approximate surface area is 132 Å². The van der Waals surface area contributed by atoms with Crippen molar-refractivity contribution in [3.8, 4) is 0 Å². The van der Waals surface area contributed by atoms with Gasteiger partial charge in [-0.3, -0.25) is 14.2 Å². The van der Waals surface area contributed by atoms with Gasteiger partial charge in [0.05, 0.1) is 16.4 Å². The van der Waals surface area contributed by atoms with E-state index in [1.54, 1.807) is 0 Å². The average Bonchev–Trinajstić information content (AvgIpc) is 2.81. The van der Waals surface area contributed by atoms with E-state index in [2.05, 4.69) is 25.8 Å². The Morgan fingerprint density at radius 2 is 2.09 bits per heavy atom. The van der Waals surface area contributed by atoms with E-state index in [0.29, 0.717) is 0 Å². The lowest BCUT2D eigenvalue weighted by molar-refractivity contribution is -0.118. The molecule has 1 amide bonds. The molecule has 1 heterocycles. The summed E-state index contributed by atoms with van der Waals surface area (Å²) in [5.41, 5.74) is 4.97. The Morgan fingerprint density at radius 1 is 1.41 bits per heavy atom. The summed E-state index contributed by atoms with van der Waals surface area (Å²) in [4.78, 5) is 10.00. The van der Waals surface area contributed by atoms with Gasteiger partial charge in [-0.05, 0) is 28.1 Å². The van der Waals surface area contributed by atoms with Crippen LogP contribution in [0, 0.1) is 11.6 Å². The molecule has 0 bridgehead atoms. The first-order valence-corrected chi connectivity index (χ1v) is 7.95. The van der Waals surface area contributed by atoms with Crippen molar-refractivity contribution < 1.29 is 22.0 Å². The van der Waals surface area contributed by atoms with Gasteiger partial charge in [-0.15, -0.1) is 0 Å². The lowest BCUT2D eigenvalue weighted by atomic mass is 10.3. The summed E-state index contributed by atoms with van der Waals surface area (Å²) in [5, 5.41) is 3.71. The number of nitrogens with zero attached hydrogens (tertiary/aromatic N) is 2. The highest BCUT2D eigenvalue weighted by Crippen LogP contribution is 2.26. The Bertz CT molecular complexity index is 838. The van der Waals surface area contributed by atoms with Crippen LogP contribution < -0.4 is 10.5 Å². The van der Waals surface area contributed by atoms with Gasteiger partial charge in [-0.1, -0.05) is 0 Å². The van der Waals surface area contributed by atoms with Crippen LogP contribution in [0.2, 0.25) is 0 Å². The first-order chi connectivity index (χ1) is 10.2. The number of aromatic nitrogens is 2. The van der Waals surface area contributed by atoms with Crippen LogP contribution in [0.15, 0.2) is 33.9 Å². The second kappa shape index (κ2) is 6.01.